The number of imide groups is 1. The van der Waals surface area contributed by atoms with Gasteiger partial charge >= 0.3 is 5.97 Å². The van der Waals surface area contributed by atoms with Crippen LogP contribution in [0.4, 0.5) is 11.4 Å². The van der Waals surface area contributed by atoms with Gasteiger partial charge in [-0.05, 0) is 68.3 Å². The maximum Gasteiger partial charge on any atom is 0.338 e. The van der Waals surface area contributed by atoms with Crippen LogP contribution < -0.4 is 15.0 Å². The lowest BCUT2D eigenvalue weighted by molar-refractivity contribution is -0.123. The monoisotopic (exact) mass is 451 g/mol. The second-order valence-corrected chi connectivity index (χ2v) is 8.24. The molecule has 2 aromatic rings. The van der Waals surface area contributed by atoms with Crippen LogP contribution in [0.25, 0.3) is 0 Å². The van der Waals surface area contributed by atoms with E-state index in [1.165, 1.54) is 4.90 Å². The molecule has 2 aliphatic heterocycles. The lowest BCUT2D eigenvalue weighted by Gasteiger charge is -2.35. The Bertz CT molecular complexity index is 998. The van der Waals surface area contributed by atoms with Crippen molar-refractivity contribution in [1.82, 2.24) is 4.90 Å². The molecule has 2 heterocycles. The number of ether oxygens (including phenoxy) is 2. The number of carbonyl (C=O) groups is 3. The Balaban J connectivity index is 1.34. The van der Waals surface area contributed by atoms with Gasteiger partial charge in [-0.2, -0.15) is 0 Å². The second kappa shape index (κ2) is 10.0. The van der Waals surface area contributed by atoms with Crippen molar-refractivity contribution in [2.24, 2.45) is 0 Å². The normalized spacial score (nSPS) is 19.6. The smallest absolute Gasteiger partial charge is 0.338 e. The summed E-state index contributed by atoms with van der Waals surface area (Å²) >= 11 is 0. The Hall–Kier alpha value is -3.39. The van der Waals surface area contributed by atoms with Gasteiger partial charge < -0.3 is 14.8 Å². The molecular weight excluding hydrogens is 422 g/mol. The summed E-state index contributed by atoms with van der Waals surface area (Å²) < 4.78 is 10.2. The highest BCUT2D eigenvalue weighted by Crippen LogP contribution is 2.28. The van der Waals surface area contributed by atoms with Gasteiger partial charge in [-0.3, -0.25) is 14.5 Å². The van der Waals surface area contributed by atoms with E-state index in [4.69, 9.17) is 9.47 Å². The van der Waals surface area contributed by atoms with Crippen LogP contribution in [0.2, 0.25) is 0 Å². The van der Waals surface area contributed by atoms with Crippen molar-refractivity contribution in [3.8, 4) is 5.75 Å². The van der Waals surface area contributed by atoms with Crippen molar-refractivity contribution in [3.05, 3.63) is 54.1 Å². The van der Waals surface area contributed by atoms with E-state index in [9.17, 15) is 14.4 Å². The summed E-state index contributed by atoms with van der Waals surface area (Å²) in [6.07, 6.45) is 1.95. The van der Waals surface area contributed by atoms with E-state index in [-0.39, 0.29) is 24.8 Å². The zero-order valence-electron chi connectivity index (χ0n) is 19.0. The number of likely N-dealkylation sites (tertiary alicyclic amines) is 1. The highest BCUT2D eigenvalue weighted by atomic mass is 16.5. The summed E-state index contributed by atoms with van der Waals surface area (Å²) in [6.45, 7) is 3.52. The minimum atomic E-state index is -0.441. The molecule has 174 valence electrons. The number of nitrogens with zero attached hydrogens (tertiary/aromatic N) is 2. The maximum absolute atomic E-state index is 13.1. The first kappa shape index (κ1) is 22.8. The Morgan fingerprint density at radius 2 is 1.70 bits per heavy atom. The minimum Gasteiger partial charge on any atom is -0.497 e. The van der Waals surface area contributed by atoms with Gasteiger partial charge in [0.1, 0.15) is 5.75 Å². The molecule has 2 fully saturated rings. The van der Waals surface area contributed by atoms with E-state index in [1.807, 2.05) is 24.3 Å². The van der Waals surface area contributed by atoms with Crippen LogP contribution in [0.5, 0.6) is 5.75 Å². The van der Waals surface area contributed by atoms with E-state index >= 15 is 0 Å². The predicted octanol–water partition coefficient (Wildman–Crippen LogP) is 3.08. The molecule has 33 heavy (non-hydrogen) atoms. The van der Waals surface area contributed by atoms with Gasteiger partial charge in [0, 0.05) is 24.8 Å². The molecule has 0 aliphatic carbocycles. The molecule has 8 heteroatoms. The van der Waals surface area contributed by atoms with Crippen molar-refractivity contribution < 1.29 is 23.9 Å². The molecule has 1 unspecified atom stereocenters. The van der Waals surface area contributed by atoms with Gasteiger partial charge in [0.25, 0.3) is 5.91 Å². The van der Waals surface area contributed by atoms with Crippen LogP contribution in [-0.4, -0.2) is 61.6 Å². The first-order chi connectivity index (χ1) is 16.0. The van der Waals surface area contributed by atoms with Crippen molar-refractivity contribution in [1.29, 1.82) is 0 Å². The average Bonchev–Trinajstić information content (AvgIpc) is 3.14. The molecule has 0 saturated carbocycles. The van der Waals surface area contributed by atoms with Crippen LogP contribution in [0, 0.1) is 0 Å². The fourth-order valence-electron chi connectivity index (χ4n) is 4.41. The van der Waals surface area contributed by atoms with Crippen molar-refractivity contribution in [2.75, 3.05) is 37.0 Å². The first-order valence-corrected chi connectivity index (χ1v) is 11.3. The zero-order chi connectivity index (χ0) is 23.4. The summed E-state index contributed by atoms with van der Waals surface area (Å²) in [6, 6.07) is 14.1. The van der Waals surface area contributed by atoms with E-state index < -0.39 is 12.0 Å². The number of esters is 1. The van der Waals surface area contributed by atoms with Crippen LogP contribution in [-0.2, 0) is 14.3 Å². The minimum absolute atomic E-state index is 0.176. The van der Waals surface area contributed by atoms with Crippen LogP contribution in [0.1, 0.15) is 36.5 Å². The highest BCUT2D eigenvalue weighted by Gasteiger charge is 2.43. The number of benzene rings is 2. The van der Waals surface area contributed by atoms with Gasteiger partial charge in [-0.1, -0.05) is 0 Å². The Labute approximate surface area is 193 Å². The topological polar surface area (TPSA) is 88.2 Å². The molecule has 0 radical (unpaired) electrons. The van der Waals surface area contributed by atoms with Crippen LogP contribution in [0.3, 0.4) is 0 Å². The predicted molar refractivity (Wildman–Crippen MR) is 125 cm³/mol. The van der Waals surface area contributed by atoms with E-state index in [0.717, 1.165) is 37.4 Å². The summed E-state index contributed by atoms with van der Waals surface area (Å²) in [7, 11) is 1.65. The quantitative estimate of drug-likeness (QED) is 0.511. The largest absolute Gasteiger partial charge is 0.497 e. The SMILES string of the molecule is CCOC(=O)c1ccc(N2C(=O)CC(N3CCC(Nc4ccc(OC)cc4)CC3)C2=O)cc1. The number of anilines is 2. The zero-order valence-corrected chi connectivity index (χ0v) is 19.0. The van der Waals surface area contributed by atoms with Gasteiger partial charge in [0.05, 0.1) is 37.4 Å². The van der Waals surface area contributed by atoms with Crippen molar-refractivity contribution in [3.63, 3.8) is 0 Å². The number of hydrogen-bond acceptors (Lipinski definition) is 7. The number of amides is 2. The van der Waals surface area contributed by atoms with Crippen LogP contribution >= 0.6 is 0 Å². The van der Waals surface area contributed by atoms with Gasteiger partial charge in [0.15, 0.2) is 0 Å². The molecule has 0 aromatic heterocycles. The number of carbonyl (C=O) groups excluding carboxylic acids is 3. The third-order valence-corrected chi connectivity index (χ3v) is 6.19. The van der Waals surface area contributed by atoms with Gasteiger partial charge in [-0.25, -0.2) is 9.69 Å². The van der Waals surface area contributed by atoms with Crippen molar-refractivity contribution >= 4 is 29.2 Å². The molecule has 1 N–H and O–H groups in total. The van der Waals surface area contributed by atoms with Gasteiger partial charge in [-0.15, -0.1) is 0 Å². The van der Waals surface area contributed by atoms with E-state index in [0.29, 0.717) is 17.3 Å². The second-order valence-electron chi connectivity index (χ2n) is 8.24. The fourth-order valence-corrected chi connectivity index (χ4v) is 4.41. The van der Waals surface area contributed by atoms with E-state index in [1.54, 1.807) is 38.3 Å². The number of piperidine rings is 1. The molecule has 4 rings (SSSR count). The summed E-state index contributed by atoms with van der Waals surface area (Å²) in [5.74, 6) is -0.0233. The number of rotatable bonds is 7. The molecular formula is C25H29N3O5. The summed E-state index contributed by atoms with van der Waals surface area (Å²) in [5.41, 5.74) is 1.91. The summed E-state index contributed by atoms with van der Waals surface area (Å²) in [4.78, 5) is 41.0. The van der Waals surface area contributed by atoms with Crippen molar-refractivity contribution in [2.45, 2.75) is 38.3 Å². The molecule has 2 amide bonds. The lowest BCUT2D eigenvalue weighted by Crippen LogP contribution is -2.48. The highest BCUT2D eigenvalue weighted by molar-refractivity contribution is 6.22. The average molecular weight is 452 g/mol. The maximum atomic E-state index is 13.1. The molecule has 8 nitrogen and oxygen atoms in total. The molecule has 0 bridgehead atoms. The summed E-state index contributed by atoms with van der Waals surface area (Å²) in [5, 5.41) is 3.54. The molecule has 1 atom stereocenters. The number of nitrogens with one attached hydrogen (secondary N) is 1. The number of hydrogen-bond donors (Lipinski definition) is 1. The van der Waals surface area contributed by atoms with Gasteiger partial charge in [0.2, 0.25) is 5.91 Å². The first-order valence-electron chi connectivity index (χ1n) is 11.3. The Morgan fingerprint density at radius 1 is 1.03 bits per heavy atom. The molecule has 2 aliphatic rings. The fraction of sp³-hybridized carbons (Fsp3) is 0.400. The molecule has 0 spiro atoms. The third-order valence-electron chi connectivity index (χ3n) is 6.19. The molecule has 2 aromatic carbocycles. The van der Waals surface area contributed by atoms with E-state index in [2.05, 4.69) is 10.2 Å². The van der Waals surface area contributed by atoms with Crippen LogP contribution in [0.15, 0.2) is 48.5 Å². The Morgan fingerprint density at radius 3 is 2.30 bits per heavy atom. The Kier molecular flexibility index (Phi) is 6.93. The lowest BCUT2D eigenvalue weighted by atomic mass is 10.0. The standard InChI is InChI=1S/C25H29N3O5/c1-3-33-25(31)17-4-8-20(9-5-17)28-23(29)16-22(24(28)30)27-14-12-19(13-15-27)26-18-6-10-21(32-2)11-7-18/h4-11,19,22,26H,3,12-16H2,1-2H3. The number of methoxy groups -OCH3 is 1. The molecule has 2 saturated heterocycles. The third kappa shape index (κ3) is 5.01.